The molecule has 0 radical (unpaired) electrons. The molecule has 1 aliphatic carbocycles. The van der Waals surface area contributed by atoms with Crippen LogP contribution in [0.5, 0.6) is 5.75 Å². The van der Waals surface area contributed by atoms with E-state index in [2.05, 4.69) is 0 Å². The zero-order valence-corrected chi connectivity index (χ0v) is 8.03. The van der Waals surface area contributed by atoms with Crippen molar-refractivity contribution < 1.29 is 10.2 Å². The largest absolute Gasteiger partial charge is 0.507 e. The number of nitrogens with two attached hydrogens (primary N) is 1. The number of phenols is 1. The summed E-state index contributed by atoms with van der Waals surface area (Å²) in [5.74, 6) is 0.281. The standard InChI is InChI=1S/C11H15NO2/c12-6-7-4-5-8-9(11(7)14)2-1-3-10(8)13/h4-5,10,13-14H,1-3,6,12H2. The van der Waals surface area contributed by atoms with Gasteiger partial charge in [-0.3, -0.25) is 0 Å². The average Bonchev–Trinajstić information content (AvgIpc) is 2.20. The fourth-order valence-electron chi connectivity index (χ4n) is 2.07. The van der Waals surface area contributed by atoms with Crippen LogP contribution in [0, 0.1) is 0 Å². The van der Waals surface area contributed by atoms with Crippen molar-refractivity contribution in [3.05, 3.63) is 28.8 Å². The Kier molecular flexibility index (Phi) is 2.44. The third kappa shape index (κ3) is 1.38. The maximum Gasteiger partial charge on any atom is 0.123 e. The molecule has 0 heterocycles. The molecule has 0 spiro atoms. The van der Waals surface area contributed by atoms with E-state index in [0.29, 0.717) is 6.54 Å². The molecule has 0 fully saturated rings. The number of phenolic OH excluding ortho intramolecular Hbond substituents is 1. The summed E-state index contributed by atoms with van der Waals surface area (Å²) in [6.45, 7) is 0.342. The van der Waals surface area contributed by atoms with Gasteiger partial charge in [-0.05, 0) is 30.4 Å². The lowest BCUT2D eigenvalue weighted by atomic mass is 9.87. The Morgan fingerprint density at radius 3 is 2.93 bits per heavy atom. The second-order valence-electron chi connectivity index (χ2n) is 3.75. The normalized spacial score (nSPS) is 20.6. The van der Waals surface area contributed by atoms with Crippen molar-refractivity contribution in [1.82, 2.24) is 0 Å². The van der Waals surface area contributed by atoms with Crippen molar-refractivity contribution in [1.29, 1.82) is 0 Å². The van der Waals surface area contributed by atoms with Crippen molar-refractivity contribution in [3.8, 4) is 5.75 Å². The zero-order chi connectivity index (χ0) is 10.1. The summed E-state index contributed by atoms with van der Waals surface area (Å²) in [4.78, 5) is 0. The minimum atomic E-state index is -0.420. The maximum absolute atomic E-state index is 9.86. The lowest BCUT2D eigenvalue weighted by molar-refractivity contribution is 0.155. The number of aromatic hydroxyl groups is 1. The highest BCUT2D eigenvalue weighted by atomic mass is 16.3. The number of fused-ring (bicyclic) bond motifs is 1. The van der Waals surface area contributed by atoms with Gasteiger partial charge in [-0.2, -0.15) is 0 Å². The van der Waals surface area contributed by atoms with E-state index in [-0.39, 0.29) is 5.75 Å². The molecule has 3 nitrogen and oxygen atoms in total. The molecule has 0 aromatic heterocycles. The van der Waals surface area contributed by atoms with Gasteiger partial charge in [-0.1, -0.05) is 12.1 Å². The lowest BCUT2D eigenvalue weighted by Gasteiger charge is -2.23. The second-order valence-corrected chi connectivity index (χ2v) is 3.75. The van der Waals surface area contributed by atoms with E-state index in [0.717, 1.165) is 36.0 Å². The molecule has 1 aliphatic rings. The first-order valence-corrected chi connectivity index (χ1v) is 4.95. The van der Waals surface area contributed by atoms with Crippen LogP contribution in [0.15, 0.2) is 12.1 Å². The lowest BCUT2D eigenvalue weighted by Crippen LogP contribution is -2.11. The molecule has 0 saturated carbocycles. The van der Waals surface area contributed by atoms with Gasteiger partial charge in [-0.15, -0.1) is 0 Å². The Balaban J connectivity index is 2.52. The third-order valence-electron chi connectivity index (χ3n) is 2.89. The Morgan fingerprint density at radius 1 is 1.43 bits per heavy atom. The van der Waals surface area contributed by atoms with Gasteiger partial charge in [0.05, 0.1) is 6.10 Å². The van der Waals surface area contributed by atoms with Crippen molar-refractivity contribution >= 4 is 0 Å². The first-order valence-electron chi connectivity index (χ1n) is 4.95. The molecule has 1 aromatic rings. The van der Waals surface area contributed by atoms with E-state index < -0.39 is 6.10 Å². The van der Waals surface area contributed by atoms with Crippen LogP contribution in [-0.4, -0.2) is 10.2 Å². The monoisotopic (exact) mass is 193 g/mol. The molecular weight excluding hydrogens is 178 g/mol. The predicted octanol–water partition coefficient (Wildman–Crippen LogP) is 1.22. The van der Waals surface area contributed by atoms with Gasteiger partial charge in [0.1, 0.15) is 5.75 Å². The number of hydrogen-bond donors (Lipinski definition) is 3. The van der Waals surface area contributed by atoms with Gasteiger partial charge in [0.25, 0.3) is 0 Å². The van der Waals surface area contributed by atoms with E-state index >= 15 is 0 Å². The van der Waals surface area contributed by atoms with Crippen LogP contribution in [-0.2, 0) is 13.0 Å². The summed E-state index contributed by atoms with van der Waals surface area (Å²) >= 11 is 0. The van der Waals surface area contributed by atoms with Gasteiger partial charge < -0.3 is 15.9 Å². The quantitative estimate of drug-likeness (QED) is 0.628. The summed E-state index contributed by atoms with van der Waals surface area (Å²) in [6, 6.07) is 3.67. The molecule has 1 aromatic carbocycles. The first kappa shape index (κ1) is 9.49. The highest BCUT2D eigenvalue weighted by Gasteiger charge is 2.21. The minimum Gasteiger partial charge on any atom is -0.507 e. The third-order valence-corrected chi connectivity index (χ3v) is 2.89. The Labute approximate surface area is 83.2 Å². The Morgan fingerprint density at radius 2 is 2.21 bits per heavy atom. The molecule has 2 rings (SSSR count). The van der Waals surface area contributed by atoms with Crippen LogP contribution in [0.1, 0.15) is 35.6 Å². The number of hydrogen-bond acceptors (Lipinski definition) is 3. The van der Waals surface area contributed by atoms with Crippen molar-refractivity contribution in [2.75, 3.05) is 0 Å². The fraction of sp³-hybridized carbons (Fsp3) is 0.455. The fourth-order valence-corrected chi connectivity index (χ4v) is 2.07. The van der Waals surface area contributed by atoms with Gasteiger partial charge >= 0.3 is 0 Å². The zero-order valence-electron chi connectivity index (χ0n) is 8.03. The molecule has 1 atom stereocenters. The summed E-state index contributed by atoms with van der Waals surface area (Å²) in [5, 5.41) is 19.6. The molecule has 4 N–H and O–H groups in total. The van der Waals surface area contributed by atoms with E-state index in [9.17, 15) is 10.2 Å². The van der Waals surface area contributed by atoms with Crippen LogP contribution in [0.25, 0.3) is 0 Å². The van der Waals surface area contributed by atoms with E-state index in [1.807, 2.05) is 6.07 Å². The molecule has 76 valence electrons. The highest BCUT2D eigenvalue weighted by Crippen LogP contribution is 2.36. The molecule has 0 saturated heterocycles. The number of aliphatic hydroxyl groups is 1. The highest BCUT2D eigenvalue weighted by molar-refractivity contribution is 5.47. The van der Waals surface area contributed by atoms with Crippen LogP contribution >= 0.6 is 0 Å². The van der Waals surface area contributed by atoms with Gasteiger partial charge in [-0.25, -0.2) is 0 Å². The van der Waals surface area contributed by atoms with Gasteiger partial charge in [0, 0.05) is 12.1 Å². The smallest absolute Gasteiger partial charge is 0.123 e. The Hall–Kier alpha value is -1.06. The number of rotatable bonds is 1. The van der Waals surface area contributed by atoms with Crippen molar-refractivity contribution in [3.63, 3.8) is 0 Å². The van der Waals surface area contributed by atoms with E-state index in [4.69, 9.17) is 5.73 Å². The van der Waals surface area contributed by atoms with Gasteiger partial charge in [0.15, 0.2) is 0 Å². The van der Waals surface area contributed by atoms with Crippen LogP contribution < -0.4 is 5.73 Å². The molecule has 14 heavy (non-hydrogen) atoms. The first-order chi connectivity index (χ1) is 6.74. The topological polar surface area (TPSA) is 66.5 Å². The molecule has 0 amide bonds. The van der Waals surface area contributed by atoms with Crippen molar-refractivity contribution in [2.24, 2.45) is 5.73 Å². The predicted molar refractivity (Wildman–Crippen MR) is 53.9 cm³/mol. The molecule has 0 bridgehead atoms. The van der Waals surface area contributed by atoms with Crippen LogP contribution in [0.4, 0.5) is 0 Å². The summed E-state index contributed by atoms with van der Waals surface area (Å²) in [5.41, 5.74) is 8.01. The van der Waals surface area contributed by atoms with E-state index in [1.54, 1.807) is 6.07 Å². The Bertz CT molecular complexity index is 349. The molecular formula is C11H15NO2. The van der Waals surface area contributed by atoms with Gasteiger partial charge in [0.2, 0.25) is 0 Å². The van der Waals surface area contributed by atoms with E-state index in [1.165, 1.54) is 0 Å². The summed E-state index contributed by atoms with van der Waals surface area (Å²) < 4.78 is 0. The summed E-state index contributed by atoms with van der Waals surface area (Å²) in [7, 11) is 0. The molecule has 0 aliphatic heterocycles. The number of benzene rings is 1. The molecule has 1 unspecified atom stereocenters. The van der Waals surface area contributed by atoms with Crippen LogP contribution in [0.3, 0.4) is 0 Å². The van der Waals surface area contributed by atoms with Crippen LogP contribution in [0.2, 0.25) is 0 Å². The van der Waals surface area contributed by atoms with Crippen molar-refractivity contribution in [2.45, 2.75) is 31.9 Å². The minimum absolute atomic E-state index is 0.281. The second kappa shape index (κ2) is 3.59. The maximum atomic E-state index is 9.86. The average molecular weight is 193 g/mol. The SMILES string of the molecule is NCc1ccc2c(c1O)CCCC2O. The summed E-state index contributed by atoms with van der Waals surface area (Å²) in [6.07, 6.45) is 2.13. The number of aliphatic hydroxyl groups excluding tert-OH is 1. The molecule has 3 heteroatoms.